The smallest absolute Gasteiger partial charge is 0.404 e. The van der Waals surface area contributed by atoms with E-state index in [-0.39, 0.29) is 0 Å². The number of likely N-dealkylation sites (tertiary alicyclic amines) is 1. The minimum Gasteiger partial charge on any atom is -0.450 e. The van der Waals surface area contributed by atoms with Gasteiger partial charge in [0.15, 0.2) is 0 Å². The van der Waals surface area contributed by atoms with Crippen molar-refractivity contribution in [3.05, 3.63) is 47.5 Å². The van der Waals surface area contributed by atoms with Crippen LogP contribution in [0.3, 0.4) is 0 Å². The molecule has 1 saturated heterocycles. The average Bonchev–Trinajstić information content (AvgIpc) is 3.43. The summed E-state index contributed by atoms with van der Waals surface area (Å²) in [4.78, 5) is 12.1. The number of rotatable bonds is 1. The van der Waals surface area contributed by atoms with Crippen molar-refractivity contribution in [2.75, 3.05) is 26.7 Å². The topological polar surface area (TPSA) is 55.6 Å². The number of ether oxygens (including phenoxy) is 1. The van der Waals surface area contributed by atoms with Crippen molar-refractivity contribution < 1.29 is 9.53 Å². The first kappa shape index (κ1) is 20.9. The lowest BCUT2D eigenvalue weighted by molar-refractivity contribution is 0.163. The van der Waals surface area contributed by atoms with Crippen LogP contribution in [-0.2, 0) is 16.6 Å². The first-order valence-electron chi connectivity index (χ1n) is 10.9. The van der Waals surface area contributed by atoms with Gasteiger partial charge in [0.05, 0.1) is 6.61 Å². The van der Waals surface area contributed by atoms with E-state index < -0.39 is 6.09 Å². The molecule has 154 valence electrons. The Morgan fingerprint density at radius 2 is 1.79 bits per heavy atom. The van der Waals surface area contributed by atoms with E-state index in [4.69, 9.17) is 0 Å². The molecule has 2 N–H and O–H groups in total. The number of fused-ring (bicyclic) bond motifs is 4. The number of hydrogen-bond acceptors (Lipinski definition) is 3. The molecule has 2 unspecified atom stereocenters. The number of piperidine rings is 1. The van der Waals surface area contributed by atoms with E-state index >= 15 is 0 Å². The zero-order valence-electron chi connectivity index (χ0n) is 17.5. The van der Waals surface area contributed by atoms with Gasteiger partial charge in [0.1, 0.15) is 0 Å². The van der Waals surface area contributed by atoms with Gasteiger partial charge in [0.2, 0.25) is 0 Å². The Balaban J connectivity index is 0.000000144. The third-order valence-electron chi connectivity index (χ3n) is 6.86. The van der Waals surface area contributed by atoms with Gasteiger partial charge >= 0.3 is 6.09 Å². The van der Waals surface area contributed by atoms with Crippen molar-refractivity contribution in [3.63, 3.8) is 0 Å². The first-order valence-corrected chi connectivity index (χ1v) is 10.9. The van der Waals surface area contributed by atoms with Crippen LogP contribution < -0.4 is 5.73 Å². The molecule has 1 saturated carbocycles. The maximum absolute atomic E-state index is 9.60. The minimum atomic E-state index is -0.711. The van der Waals surface area contributed by atoms with Gasteiger partial charge in [-0.05, 0) is 100 Å². The van der Waals surface area contributed by atoms with Crippen LogP contribution in [-0.4, -0.2) is 37.7 Å². The lowest BCUT2D eigenvalue weighted by Crippen LogP contribution is -2.39. The summed E-state index contributed by atoms with van der Waals surface area (Å²) >= 11 is 0. The van der Waals surface area contributed by atoms with Crippen LogP contribution >= 0.6 is 0 Å². The van der Waals surface area contributed by atoms with Gasteiger partial charge in [-0.2, -0.15) is 0 Å². The van der Waals surface area contributed by atoms with Crippen molar-refractivity contribution >= 4 is 6.09 Å². The van der Waals surface area contributed by atoms with Crippen LogP contribution in [0.5, 0.6) is 0 Å². The molecule has 1 aromatic carbocycles. The number of hydrogen-bond donors (Lipinski definition) is 1. The lowest BCUT2D eigenvalue weighted by atomic mass is 9.74. The number of carbonyl (C=O) groups is 1. The molecule has 2 bridgehead atoms. The molecular weight excluding hydrogens is 348 g/mol. The molecule has 2 atom stereocenters. The molecule has 4 heteroatoms. The van der Waals surface area contributed by atoms with E-state index in [1.165, 1.54) is 58.0 Å². The molecule has 1 heterocycles. The summed E-state index contributed by atoms with van der Waals surface area (Å²) in [5.74, 6) is 1.98. The number of allylic oxidation sites excluding steroid dienone is 2. The van der Waals surface area contributed by atoms with Crippen molar-refractivity contribution in [1.82, 2.24) is 4.90 Å². The summed E-state index contributed by atoms with van der Waals surface area (Å²) in [5, 5.41) is 0. The number of nitrogens with two attached hydrogens (primary N) is 1. The molecule has 5 rings (SSSR count). The van der Waals surface area contributed by atoms with Gasteiger partial charge in [-0.25, -0.2) is 4.79 Å². The summed E-state index contributed by atoms with van der Waals surface area (Å²) < 4.78 is 4.18. The Bertz CT molecular complexity index is 665. The third-order valence-corrected chi connectivity index (χ3v) is 6.86. The molecule has 1 aromatic rings. The zero-order valence-corrected chi connectivity index (χ0v) is 17.5. The lowest BCUT2D eigenvalue weighted by Gasteiger charge is -2.38. The highest BCUT2D eigenvalue weighted by Gasteiger charge is 2.40. The normalized spacial score (nSPS) is 26.1. The summed E-state index contributed by atoms with van der Waals surface area (Å²) in [6.07, 6.45) is 13.9. The second kappa shape index (κ2) is 9.60. The highest BCUT2D eigenvalue weighted by Crippen LogP contribution is 2.45. The molecule has 0 radical (unpaired) electrons. The Kier molecular flexibility index (Phi) is 7.17. The van der Waals surface area contributed by atoms with Crippen LogP contribution in [0, 0.1) is 11.8 Å². The number of benzene rings is 1. The largest absolute Gasteiger partial charge is 0.450 e. The number of nitrogens with zero attached hydrogens (tertiary/aromatic N) is 1. The molecule has 1 spiro atoms. The number of primary amides is 1. The number of carbonyl (C=O) groups excluding carboxylic acids is 1. The van der Waals surface area contributed by atoms with Crippen molar-refractivity contribution in [2.45, 2.75) is 57.3 Å². The SMILES string of the molecule is C1=CC2CCC1C2.CCOC(N)=O.CN1CCC2(CCc3ccccc32)CC1. The Morgan fingerprint density at radius 1 is 1.14 bits per heavy atom. The molecule has 4 nitrogen and oxygen atoms in total. The average molecular weight is 385 g/mol. The van der Waals surface area contributed by atoms with Crippen molar-refractivity contribution in [1.29, 1.82) is 0 Å². The van der Waals surface area contributed by atoms with Gasteiger partial charge in [0, 0.05) is 0 Å². The Labute approximate surface area is 170 Å². The number of aryl methyl sites for hydroxylation is 1. The quantitative estimate of drug-likeness (QED) is 0.716. The van der Waals surface area contributed by atoms with Crippen LogP contribution in [0.1, 0.15) is 56.6 Å². The monoisotopic (exact) mass is 384 g/mol. The van der Waals surface area contributed by atoms with Crippen LogP contribution in [0.2, 0.25) is 0 Å². The van der Waals surface area contributed by atoms with E-state index in [1.54, 1.807) is 18.1 Å². The predicted molar refractivity (Wildman–Crippen MR) is 114 cm³/mol. The molecule has 1 amide bonds. The van der Waals surface area contributed by atoms with E-state index in [9.17, 15) is 4.79 Å². The Hall–Kier alpha value is -1.81. The summed E-state index contributed by atoms with van der Waals surface area (Å²) in [5.41, 5.74) is 8.36. The van der Waals surface area contributed by atoms with Crippen LogP contribution in [0.4, 0.5) is 4.79 Å². The second-order valence-electron chi connectivity index (χ2n) is 8.71. The highest BCUT2D eigenvalue weighted by atomic mass is 16.5. The van der Waals surface area contributed by atoms with Crippen LogP contribution in [0.25, 0.3) is 0 Å². The van der Waals surface area contributed by atoms with E-state index in [1.807, 2.05) is 0 Å². The van der Waals surface area contributed by atoms with Crippen molar-refractivity contribution in [3.8, 4) is 0 Å². The minimum absolute atomic E-state index is 0.356. The maximum Gasteiger partial charge on any atom is 0.404 e. The summed E-state index contributed by atoms with van der Waals surface area (Å²) in [6.45, 7) is 4.60. The fourth-order valence-corrected chi connectivity index (χ4v) is 5.19. The molecule has 1 aliphatic heterocycles. The Morgan fingerprint density at radius 3 is 2.25 bits per heavy atom. The fraction of sp³-hybridized carbons (Fsp3) is 0.625. The third kappa shape index (κ3) is 5.16. The van der Waals surface area contributed by atoms with Gasteiger partial charge in [0.25, 0.3) is 0 Å². The van der Waals surface area contributed by atoms with E-state index in [0.29, 0.717) is 12.0 Å². The van der Waals surface area contributed by atoms with Gasteiger partial charge in [-0.1, -0.05) is 36.4 Å². The maximum atomic E-state index is 9.60. The van der Waals surface area contributed by atoms with Gasteiger partial charge < -0.3 is 15.4 Å². The molecule has 4 aliphatic rings. The van der Waals surface area contributed by atoms with Gasteiger partial charge in [-0.15, -0.1) is 0 Å². The van der Waals surface area contributed by atoms with Crippen LogP contribution in [0.15, 0.2) is 36.4 Å². The second-order valence-corrected chi connectivity index (χ2v) is 8.71. The molecule has 0 aromatic heterocycles. The number of amides is 1. The van der Waals surface area contributed by atoms with E-state index in [0.717, 1.165) is 11.8 Å². The fourth-order valence-electron chi connectivity index (χ4n) is 5.19. The highest BCUT2D eigenvalue weighted by molar-refractivity contribution is 5.64. The first-order chi connectivity index (χ1) is 13.5. The standard InChI is InChI=1S/C14H19N.C7H10.C3H7NO2/c1-15-10-8-14(9-11-15)7-6-12-4-2-3-5-13(12)14;1-2-7-4-3-6(1)5-7;1-2-6-3(4)5/h2-5H,6-11H2,1H3;1-2,6-7H,3-5H2;2H2,1H3,(H2,4,5). The molecule has 3 aliphatic carbocycles. The summed E-state index contributed by atoms with van der Waals surface area (Å²) in [7, 11) is 2.24. The predicted octanol–water partition coefficient (Wildman–Crippen LogP) is 4.67. The molecular formula is C24H36N2O2. The summed E-state index contributed by atoms with van der Waals surface area (Å²) in [6, 6.07) is 9.09. The van der Waals surface area contributed by atoms with Crippen molar-refractivity contribution in [2.24, 2.45) is 17.6 Å². The van der Waals surface area contributed by atoms with E-state index in [2.05, 4.69) is 58.8 Å². The van der Waals surface area contributed by atoms with Gasteiger partial charge in [-0.3, -0.25) is 0 Å². The zero-order chi connectivity index (χ0) is 20.0. The molecule has 2 fully saturated rings. The molecule has 28 heavy (non-hydrogen) atoms.